The Hall–Kier alpha value is -1.16. The lowest BCUT2D eigenvalue weighted by Gasteiger charge is -2.13. The van der Waals surface area contributed by atoms with Crippen LogP contribution in [0.2, 0.25) is 0 Å². The Labute approximate surface area is 90.5 Å². The van der Waals surface area contributed by atoms with Crippen molar-refractivity contribution in [3.8, 4) is 0 Å². The van der Waals surface area contributed by atoms with Crippen molar-refractivity contribution in [2.24, 2.45) is 5.73 Å². The number of aryl methyl sites for hydroxylation is 1. The largest absolute Gasteiger partial charge is 0.359 e. The summed E-state index contributed by atoms with van der Waals surface area (Å²) in [4.78, 5) is 11.3. The number of nitrogens with zero attached hydrogens (tertiary/aromatic N) is 3. The maximum atomic E-state index is 5.54. The quantitative estimate of drug-likeness (QED) is 0.784. The molecule has 0 aromatic carbocycles. The number of aromatic nitrogens is 2. The van der Waals surface area contributed by atoms with Gasteiger partial charge < -0.3 is 10.6 Å². The van der Waals surface area contributed by atoms with E-state index in [4.69, 9.17) is 5.73 Å². The number of hydrogen-bond donors (Lipinski definition) is 1. The van der Waals surface area contributed by atoms with Crippen molar-refractivity contribution < 1.29 is 0 Å². The van der Waals surface area contributed by atoms with Crippen LogP contribution < -0.4 is 10.6 Å². The second-order valence-electron chi connectivity index (χ2n) is 3.95. The topological polar surface area (TPSA) is 55.0 Å². The minimum atomic E-state index is 0.617. The minimum absolute atomic E-state index is 0.617. The van der Waals surface area contributed by atoms with E-state index < -0.39 is 0 Å². The summed E-state index contributed by atoms with van der Waals surface area (Å²) in [6, 6.07) is 0. The number of rotatable bonds is 3. The zero-order valence-corrected chi connectivity index (χ0v) is 9.45. The first kappa shape index (κ1) is 10.4. The molecule has 15 heavy (non-hydrogen) atoms. The van der Waals surface area contributed by atoms with E-state index in [9.17, 15) is 0 Å². The first-order valence-electron chi connectivity index (χ1n) is 5.56. The normalized spacial score (nSPS) is 14.5. The van der Waals surface area contributed by atoms with Gasteiger partial charge in [-0.25, -0.2) is 9.97 Å². The molecular weight excluding hydrogens is 188 g/mol. The first-order chi connectivity index (χ1) is 7.26. The standard InChI is InChI=1S/C11H18N4/c1-3-9-8-5-7-15(2)11(8)14-10(13-9)4-6-12/h3-7,12H2,1-2H3. The smallest absolute Gasteiger partial charge is 0.135 e. The molecule has 4 nitrogen and oxygen atoms in total. The number of nitrogens with two attached hydrogens (primary N) is 1. The Balaban J connectivity index is 2.43. The van der Waals surface area contributed by atoms with Gasteiger partial charge in [0.25, 0.3) is 0 Å². The van der Waals surface area contributed by atoms with Crippen LogP contribution in [0.5, 0.6) is 0 Å². The monoisotopic (exact) mass is 206 g/mol. The fourth-order valence-corrected chi connectivity index (χ4v) is 2.06. The van der Waals surface area contributed by atoms with Gasteiger partial charge in [0.05, 0.1) is 0 Å². The van der Waals surface area contributed by atoms with Crippen LogP contribution in [0.4, 0.5) is 5.82 Å². The Bertz CT molecular complexity index is 362. The molecule has 0 saturated carbocycles. The van der Waals surface area contributed by atoms with Gasteiger partial charge in [-0.1, -0.05) is 6.92 Å². The second kappa shape index (κ2) is 4.14. The maximum absolute atomic E-state index is 5.54. The van der Waals surface area contributed by atoms with Gasteiger partial charge in [0.2, 0.25) is 0 Å². The van der Waals surface area contributed by atoms with Gasteiger partial charge in [-0.05, 0) is 19.4 Å². The lowest BCUT2D eigenvalue weighted by molar-refractivity contribution is 0.832. The zero-order valence-electron chi connectivity index (χ0n) is 9.45. The molecule has 0 amide bonds. The zero-order chi connectivity index (χ0) is 10.8. The average molecular weight is 206 g/mol. The second-order valence-corrected chi connectivity index (χ2v) is 3.95. The van der Waals surface area contributed by atoms with Crippen molar-refractivity contribution in [2.75, 3.05) is 25.0 Å². The van der Waals surface area contributed by atoms with E-state index in [-0.39, 0.29) is 0 Å². The summed E-state index contributed by atoms with van der Waals surface area (Å²) in [6.45, 7) is 3.82. The Morgan fingerprint density at radius 3 is 2.87 bits per heavy atom. The van der Waals surface area contributed by atoms with E-state index in [0.717, 1.165) is 37.4 Å². The van der Waals surface area contributed by atoms with Crippen LogP contribution in [0.3, 0.4) is 0 Å². The van der Waals surface area contributed by atoms with Gasteiger partial charge in [-0.2, -0.15) is 0 Å². The number of anilines is 1. The molecular formula is C11H18N4. The molecule has 0 atom stereocenters. The van der Waals surface area contributed by atoms with Crippen LogP contribution in [0.15, 0.2) is 0 Å². The molecule has 0 bridgehead atoms. The van der Waals surface area contributed by atoms with Gasteiger partial charge in [-0.15, -0.1) is 0 Å². The van der Waals surface area contributed by atoms with Gasteiger partial charge in [-0.3, -0.25) is 0 Å². The molecule has 0 spiro atoms. The van der Waals surface area contributed by atoms with Crippen molar-refractivity contribution in [3.05, 3.63) is 17.1 Å². The van der Waals surface area contributed by atoms with Gasteiger partial charge in [0.15, 0.2) is 0 Å². The first-order valence-corrected chi connectivity index (χ1v) is 5.56. The highest BCUT2D eigenvalue weighted by Gasteiger charge is 2.21. The van der Waals surface area contributed by atoms with E-state index in [2.05, 4.69) is 28.8 Å². The molecule has 0 unspecified atom stereocenters. The third-order valence-electron chi connectivity index (χ3n) is 2.88. The lowest BCUT2D eigenvalue weighted by atomic mass is 10.1. The Morgan fingerprint density at radius 1 is 1.40 bits per heavy atom. The van der Waals surface area contributed by atoms with Gasteiger partial charge in [0, 0.05) is 31.3 Å². The van der Waals surface area contributed by atoms with Crippen molar-refractivity contribution in [1.29, 1.82) is 0 Å². The van der Waals surface area contributed by atoms with Crippen LogP contribution in [-0.4, -0.2) is 30.1 Å². The highest BCUT2D eigenvalue weighted by molar-refractivity contribution is 5.53. The molecule has 82 valence electrons. The Kier molecular flexibility index (Phi) is 2.86. The van der Waals surface area contributed by atoms with E-state index in [1.54, 1.807) is 0 Å². The molecule has 0 saturated heterocycles. The molecule has 0 radical (unpaired) electrons. The molecule has 2 rings (SSSR count). The summed E-state index contributed by atoms with van der Waals surface area (Å²) in [5.41, 5.74) is 8.07. The SMILES string of the molecule is CCc1nc(CCN)nc2c1CCN2C. The third kappa shape index (κ3) is 1.81. The van der Waals surface area contributed by atoms with Crippen LogP contribution in [0.25, 0.3) is 0 Å². The van der Waals surface area contributed by atoms with Crippen LogP contribution in [0.1, 0.15) is 24.0 Å². The number of likely N-dealkylation sites (N-methyl/N-ethyl adjacent to an activating group) is 1. The van der Waals surface area contributed by atoms with Crippen molar-refractivity contribution in [3.63, 3.8) is 0 Å². The van der Waals surface area contributed by atoms with Crippen molar-refractivity contribution >= 4 is 5.82 Å². The third-order valence-corrected chi connectivity index (χ3v) is 2.88. The summed E-state index contributed by atoms with van der Waals surface area (Å²) in [5, 5.41) is 0. The summed E-state index contributed by atoms with van der Waals surface area (Å²) in [7, 11) is 2.09. The molecule has 1 aliphatic rings. The molecule has 1 aromatic rings. The fraction of sp³-hybridized carbons (Fsp3) is 0.636. The predicted molar refractivity (Wildman–Crippen MR) is 61.1 cm³/mol. The van der Waals surface area contributed by atoms with E-state index in [1.807, 2.05) is 0 Å². The minimum Gasteiger partial charge on any atom is -0.359 e. The number of hydrogen-bond acceptors (Lipinski definition) is 4. The molecule has 1 aliphatic heterocycles. The van der Waals surface area contributed by atoms with Gasteiger partial charge in [0.1, 0.15) is 11.6 Å². The highest BCUT2D eigenvalue weighted by Crippen LogP contribution is 2.26. The van der Waals surface area contributed by atoms with Crippen molar-refractivity contribution in [2.45, 2.75) is 26.2 Å². The summed E-state index contributed by atoms with van der Waals surface area (Å²) in [5.74, 6) is 2.01. The molecule has 4 heteroatoms. The molecule has 2 N–H and O–H groups in total. The van der Waals surface area contributed by atoms with Crippen LogP contribution >= 0.6 is 0 Å². The van der Waals surface area contributed by atoms with Crippen LogP contribution in [0, 0.1) is 0 Å². The molecule has 0 fully saturated rings. The fourth-order valence-electron chi connectivity index (χ4n) is 2.06. The molecule has 1 aromatic heterocycles. The summed E-state index contributed by atoms with van der Waals surface area (Å²) < 4.78 is 0. The average Bonchev–Trinajstić information content (AvgIpc) is 2.60. The van der Waals surface area contributed by atoms with Crippen molar-refractivity contribution in [1.82, 2.24) is 9.97 Å². The summed E-state index contributed by atoms with van der Waals surface area (Å²) in [6.07, 6.45) is 2.84. The van der Waals surface area contributed by atoms with E-state index >= 15 is 0 Å². The molecule has 2 heterocycles. The van der Waals surface area contributed by atoms with E-state index in [1.165, 1.54) is 11.3 Å². The maximum Gasteiger partial charge on any atom is 0.135 e. The highest BCUT2D eigenvalue weighted by atomic mass is 15.2. The lowest BCUT2D eigenvalue weighted by Crippen LogP contribution is -2.16. The summed E-state index contributed by atoms with van der Waals surface area (Å²) >= 11 is 0. The molecule has 0 aliphatic carbocycles. The number of fused-ring (bicyclic) bond motifs is 1. The van der Waals surface area contributed by atoms with E-state index in [0.29, 0.717) is 6.54 Å². The van der Waals surface area contributed by atoms with Crippen LogP contribution in [-0.2, 0) is 19.3 Å². The van der Waals surface area contributed by atoms with Gasteiger partial charge >= 0.3 is 0 Å². The predicted octanol–water partition coefficient (Wildman–Crippen LogP) is 0.532. The Morgan fingerprint density at radius 2 is 2.20 bits per heavy atom.